The number of hydrogen-bond acceptors (Lipinski definition) is 5. The van der Waals surface area contributed by atoms with Crippen LogP contribution < -0.4 is 10.5 Å². The van der Waals surface area contributed by atoms with E-state index in [1.54, 1.807) is 51.2 Å². The van der Waals surface area contributed by atoms with E-state index in [-0.39, 0.29) is 11.3 Å². The smallest absolute Gasteiger partial charge is 0.408 e. The van der Waals surface area contributed by atoms with Crippen LogP contribution in [0.15, 0.2) is 65.7 Å². The Labute approximate surface area is 212 Å². The van der Waals surface area contributed by atoms with Crippen LogP contribution in [-0.2, 0) is 21.2 Å². The molecule has 1 atom stereocenters. The van der Waals surface area contributed by atoms with E-state index in [0.717, 1.165) is 6.07 Å². The molecule has 0 spiro atoms. The normalized spacial score (nSPS) is 12.9. The summed E-state index contributed by atoms with van der Waals surface area (Å²) in [7, 11) is -3.90. The van der Waals surface area contributed by atoms with E-state index in [0.29, 0.717) is 33.4 Å². The fourth-order valence-electron chi connectivity index (χ4n) is 3.95. The number of aromatic nitrogens is 2. The fourth-order valence-corrected chi connectivity index (χ4v) is 4.46. The van der Waals surface area contributed by atoms with Gasteiger partial charge in [0.05, 0.1) is 27.7 Å². The zero-order valence-electron chi connectivity index (χ0n) is 20.4. The van der Waals surface area contributed by atoms with Gasteiger partial charge in [0.15, 0.2) is 0 Å². The number of carbonyl (C=O) groups is 1. The first-order valence-corrected chi connectivity index (χ1v) is 12.9. The Balaban J connectivity index is 1.85. The molecule has 4 rings (SSSR count). The number of ether oxygens (including phenoxy) is 1. The molecule has 8 nitrogen and oxygen atoms in total. The van der Waals surface area contributed by atoms with Crippen LogP contribution in [0, 0.1) is 11.6 Å². The third kappa shape index (κ3) is 6.49. The zero-order chi connectivity index (χ0) is 27.0. The van der Waals surface area contributed by atoms with Crippen molar-refractivity contribution in [2.24, 2.45) is 5.14 Å². The van der Waals surface area contributed by atoms with Gasteiger partial charge in [0, 0.05) is 17.8 Å². The van der Waals surface area contributed by atoms with Crippen LogP contribution in [0.5, 0.6) is 0 Å². The highest BCUT2D eigenvalue weighted by molar-refractivity contribution is 7.89. The summed E-state index contributed by atoms with van der Waals surface area (Å²) in [6.45, 7) is 5.14. The number of nitrogens with one attached hydrogen (secondary N) is 2. The first-order valence-electron chi connectivity index (χ1n) is 11.3. The van der Waals surface area contributed by atoms with Crippen LogP contribution in [0.1, 0.15) is 38.1 Å². The lowest BCUT2D eigenvalue weighted by Gasteiger charge is -2.25. The number of nitrogens with zero attached hydrogens (tertiary/aromatic N) is 1. The highest BCUT2D eigenvalue weighted by Crippen LogP contribution is 2.32. The maximum atomic E-state index is 14.0. The molecule has 0 aliphatic rings. The van der Waals surface area contributed by atoms with Crippen molar-refractivity contribution in [1.29, 1.82) is 0 Å². The van der Waals surface area contributed by atoms with E-state index in [1.165, 1.54) is 24.3 Å². The summed E-state index contributed by atoms with van der Waals surface area (Å²) in [4.78, 5) is 20.5. The van der Waals surface area contributed by atoms with Crippen molar-refractivity contribution in [3.8, 4) is 11.1 Å². The van der Waals surface area contributed by atoms with Gasteiger partial charge in [-0.05, 0) is 74.7 Å². The summed E-state index contributed by atoms with van der Waals surface area (Å²) in [5.41, 5.74) is 2.35. The third-order valence-electron chi connectivity index (χ3n) is 5.44. The third-order valence-corrected chi connectivity index (χ3v) is 6.37. The highest BCUT2D eigenvalue weighted by atomic mass is 32.2. The van der Waals surface area contributed by atoms with Gasteiger partial charge >= 0.3 is 6.09 Å². The van der Waals surface area contributed by atoms with Crippen LogP contribution in [0.3, 0.4) is 0 Å². The zero-order valence-corrected chi connectivity index (χ0v) is 21.2. The van der Waals surface area contributed by atoms with Gasteiger partial charge in [-0.1, -0.05) is 12.1 Å². The number of aromatic amines is 1. The topological polar surface area (TPSA) is 127 Å². The molecule has 37 heavy (non-hydrogen) atoms. The number of nitrogens with two attached hydrogens (primary N) is 1. The number of carbonyl (C=O) groups excluding carboxylic acids is 1. The molecule has 4 N–H and O–H groups in total. The van der Waals surface area contributed by atoms with Crippen molar-refractivity contribution in [3.05, 3.63) is 83.7 Å². The standard InChI is InChI=1S/C26H26F2N4O4S/c1-26(2,3)36-25(33)32-23(12-15-10-17(27)13-18(28)11-15)24-20(14-22-21(31-24)8-9-30-22)16-4-6-19(7-5-16)37(29,34)35/h4-11,13-14,23,30H,12H2,1-3H3,(H,32,33)(H2,29,34,35)/t23-/m1/s1. The summed E-state index contributed by atoms with van der Waals surface area (Å²) >= 11 is 0. The van der Waals surface area contributed by atoms with E-state index in [9.17, 15) is 22.0 Å². The molecular formula is C26H26F2N4O4S. The van der Waals surface area contributed by atoms with Crippen LogP contribution in [0.25, 0.3) is 22.2 Å². The number of sulfonamides is 1. The predicted molar refractivity (Wildman–Crippen MR) is 135 cm³/mol. The maximum absolute atomic E-state index is 14.0. The molecule has 2 aromatic heterocycles. The second-order valence-electron chi connectivity index (χ2n) is 9.58. The Bertz CT molecular complexity index is 1540. The molecule has 2 aromatic carbocycles. The Morgan fingerprint density at radius 2 is 1.73 bits per heavy atom. The first-order chi connectivity index (χ1) is 17.3. The van der Waals surface area contributed by atoms with Crippen molar-refractivity contribution >= 4 is 27.1 Å². The summed E-state index contributed by atoms with van der Waals surface area (Å²) < 4.78 is 56.8. The van der Waals surface area contributed by atoms with Gasteiger partial charge in [0.2, 0.25) is 10.0 Å². The van der Waals surface area contributed by atoms with Crippen LogP contribution >= 0.6 is 0 Å². The predicted octanol–water partition coefficient (Wildman–Crippen LogP) is 4.96. The molecule has 2 heterocycles. The number of amides is 1. The lowest BCUT2D eigenvalue weighted by molar-refractivity contribution is 0.0502. The van der Waals surface area contributed by atoms with Crippen molar-refractivity contribution in [2.75, 3.05) is 0 Å². The molecule has 4 aromatic rings. The molecule has 194 valence electrons. The molecule has 0 aliphatic heterocycles. The average molecular weight is 529 g/mol. The van der Waals surface area contributed by atoms with Crippen molar-refractivity contribution in [1.82, 2.24) is 15.3 Å². The SMILES string of the molecule is CC(C)(C)OC(=O)N[C@H](Cc1cc(F)cc(F)c1)c1nc2cc[nH]c2cc1-c1ccc(S(N)(=O)=O)cc1. The first kappa shape index (κ1) is 26.2. The monoisotopic (exact) mass is 528 g/mol. The number of rotatable bonds is 6. The number of hydrogen-bond donors (Lipinski definition) is 3. The van der Waals surface area contributed by atoms with Gasteiger partial charge in [0.25, 0.3) is 0 Å². The summed E-state index contributed by atoms with van der Waals surface area (Å²) in [6.07, 6.45) is 0.966. The molecule has 11 heteroatoms. The summed E-state index contributed by atoms with van der Waals surface area (Å²) in [5, 5.41) is 8.02. The number of halogens is 2. The number of benzene rings is 2. The fraction of sp³-hybridized carbons (Fsp3) is 0.231. The second kappa shape index (κ2) is 9.91. The van der Waals surface area contributed by atoms with Gasteiger partial charge < -0.3 is 15.0 Å². The number of alkyl carbamates (subject to hydrolysis) is 1. The van der Waals surface area contributed by atoms with E-state index >= 15 is 0 Å². The number of fused-ring (bicyclic) bond motifs is 1. The van der Waals surface area contributed by atoms with Crippen LogP contribution in [0.4, 0.5) is 13.6 Å². The van der Waals surface area contributed by atoms with Crippen LogP contribution in [0.2, 0.25) is 0 Å². The van der Waals surface area contributed by atoms with Crippen molar-refractivity contribution in [2.45, 2.75) is 43.7 Å². The van der Waals surface area contributed by atoms with Crippen molar-refractivity contribution < 1.29 is 26.7 Å². The lowest BCUT2D eigenvalue weighted by atomic mass is 9.95. The minimum atomic E-state index is -3.90. The molecule has 0 aliphatic carbocycles. The van der Waals surface area contributed by atoms with Gasteiger partial charge in [-0.25, -0.2) is 32.1 Å². The molecular weight excluding hydrogens is 502 g/mol. The number of primary sulfonamides is 1. The summed E-state index contributed by atoms with van der Waals surface area (Å²) in [5.74, 6) is -1.50. The van der Waals surface area contributed by atoms with E-state index in [4.69, 9.17) is 14.9 Å². The Hall–Kier alpha value is -3.83. The maximum Gasteiger partial charge on any atom is 0.408 e. The minimum Gasteiger partial charge on any atom is -0.444 e. The summed E-state index contributed by atoms with van der Waals surface area (Å²) in [6, 6.07) is 11.7. The molecule has 1 amide bonds. The highest BCUT2D eigenvalue weighted by Gasteiger charge is 2.25. The lowest BCUT2D eigenvalue weighted by Crippen LogP contribution is -2.36. The Kier molecular flexibility index (Phi) is 7.03. The molecule has 0 saturated heterocycles. The number of pyridine rings is 1. The minimum absolute atomic E-state index is 0.000878. The van der Waals surface area contributed by atoms with Gasteiger partial charge in [0.1, 0.15) is 17.2 Å². The molecule has 0 bridgehead atoms. The molecule has 0 radical (unpaired) electrons. The number of H-pyrrole nitrogens is 1. The van der Waals surface area contributed by atoms with Gasteiger partial charge in [-0.3, -0.25) is 0 Å². The van der Waals surface area contributed by atoms with Crippen molar-refractivity contribution in [3.63, 3.8) is 0 Å². The quantitative estimate of drug-likeness (QED) is 0.326. The largest absolute Gasteiger partial charge is 0.444 e. The van der Waals surface area contributed by atoms with E-state index < -0.39 is 39.4 Å². The Morgan fingerprint density at radius 1 is 1.08 bits per heavy atom. The molecule has 0 unspecified atom stereocenters. The second-order valence-corrected chi connectivity index (χ2v) is 11.1. The van der Waals surface area contributed by atoms with Gasteiger partial charge in [-0.15, -0.1) is 0 Å². The average Bonchev–Trinajstić information content (AvgIpc) is 3.23. The van der Waals surface area contributed by atoms with E-state index in [1.807, 2.05) is 0 Å². The van der Waals surface area contributed by atoms with E-state index in [2.05, 4.69) is 10.3 Å². The van der Waals surface area contributed by atoms with Gasteiger partial charge in [-0.2, -0.15) is 0 Å². The van der Waals surface area contributed by atoms with Crippen LogP contribution in [-0.4, -0.2) is 30.1 Å². The molecule has 0 fully saturated rings. The Morgan fingerprint density at radius 3 is 2.32 bits per heavy atom. The molecule has 0 saturated carbocycles.